The maximum Gasteiger partial charge on any atom is 0.326 e. The van der Waals surface area contributed by atoms with Crippen LogP contribution in [0.5, 0.6) is 0 Å². The Morgan fingerprint density at radius 2 is 1.67 bits per heavy atom. The van der Waals surface area contributed by atoms with Crippen molar-refractivity contribution >= 4 is 11.6 Å². The number of nitrogens with zero attached hydrogens (tertiary/aromatic N) is 2. The second-order valence-electron chi connectivity index (χ2n) is 15.5. The fourth-order valence-electron chi connectivity index (χ4n) is 10.7. The van der Waals surface area contributed by atoms with Crippen LogP contribution in [0.3, 0.4) is 0 Å². The fourth-order valence-corrected chi connectivity index (χ4v) is 10.7. The molecule has 3 fully saturated rings. The van der Waals surface area contributed by atoms with Gasteiger partial charge in [0.15, 0.2) is 11.6 Å². The summed E-state index contributed by atoms with van der Waals surface area (Å²) in [5.74, 6) is 0.0158. The standard InChI is InChI=1S/C33H43N3O3/c1-28(2)10-12-33(36-15-14-35-27(36)39)13-11-32(7)25(21(33)18-28)22(37)16-24-30(5)17-20(19-34)26(38)29(3,4)23(30)8-9-31(24,32)6/h14-17,21,23,25H,8-13,18H2,1-7H3,(H,35,39)/t21?,23?,25-,30-,31+,32+,33-/m0/s1. The molecule has 3 saturated carbocycles. The lowest BCUT2D eigenvalue weighted by Gasteiger charge is -2.69. The molecule has 1 aromatic heterocycles. The van der Waals surface area contributed by atoms with Crippen molar-refractivity contribution in [2.24, 2.45) is 44.8 Å². The SMILES string of the molecule is CC1(C)CC[C@]2(n3cc[nH]c3=O)CC[C@]3(C)[C@H](C(=O)C=C4[C@@]5(C)C=C(C#N)C(=O)C(C)(C)C5CC[C@]43C)C2C1. The van der Waals surface area contributed by atoms with E-state index >= 15 is 0 Å². The summed E-state index contributed by atoms with van der Waals surface area (Å²) in [4.78, 5) is 43.7. The molecule has 1 N–H and O–H groups in total. The number of aromatic amines is 1. The number of rotatable bonds is 1. The minimum absolute atomic E-state index is 0.0385. The number of hydrogen-bond donors (Lipinski definition) is 1. The number of Topliss-reactive ketones (excluding diaryl/α,β-unsaturated/α-hetero) is 1. The molecule has 7 atom stereocenters. The van der Waals surface area contributed by atoms with Gasteiger partial charge in [0.25, 0.3) is 0 Å². The van der Waals surface area contributed by atoms with E-state index in [1.165, 1.54) is 0 Å². The summed E-state index contributed by atoms with van der Waals surface area (Å²) in [6.07, 6.45) is 13.9. The van der Waals surface area contributed by atoms with E-state index in [1.54, 1.807) is 6.20 Å². The minimum atomic E-state index is -0.665. The van der Waals surface area contributed by atoms with Gasteiger partial charge in [0.2, 0.25) is 0 Å². The van der Waals surface area contributed by atoms with Crippen molar-refractivity contribution in [3.05, 3.63) is 46.2 Å². The van der Waals surface area contributed by atoms with Gasteiger partial charge in [-0.25, -0.2) is 4.79 Å². The summed E-state index contributed by atoms with van der Waals surface area (Å²) in [5.41, 5.74) is -0.722. The highest BCUT2D eigenvalue weighted by atomic mass is 16.1. The number of ketones is 2. The van der Waals surface area contributed by atoms with Gasteiger partial charge >= 0.3 is 5.69 Å². The number of nitrogens with one attached hydrogen (secondary N) is 1. The molecule has 5 aliphatic rings. The summed E-state index contributed by atoms with van der Waals surface area (Å²) in [6, 6.07) is 2.19. The van der Waals surface area contributed by atoms with Crippen LogP contribution in [0.2, 0.25) is 0 Å². The van der Waals surface area contributed by atoms with E-state index in [4.69, 9.17) is 0 Å². The third-order valence-electron chi connectivity index (χ3n) is 12.9. The molecule has 0 saturated heterocycles. The molecule has 6 rings (SSSR count). The average molecular weight is 530 g/mol. The van der Waals surface area contributed by atoms with E-state index in [0.29, 0.717) is 0 Å². The van der Waals surface area contributed by atoms with Crippen molar-refractivity contribution in [1.29, 1.82) is 5.26 Å². The van der Waals surface area contributed by atoms with Gasteiger partial charge < -0.3 is 4.98 Å². The van der Waals surface area contributed by atoms with Crippen molar-refractivity contribution in [3.8, 4) is 6.07 Å². The molecule has 1 aromatic rings. The molecule has 39 heavy (non-hydrogen) atoms. The lowest BCUT2D eigenvalue weighted by molar-refractivity contribution is -0.168. The zero-order valence-electron chi connectivity index (χ0n) is 24.6. The van der Waals surface area contributed by atoms with Crippen LogP contribution < -0.4 is 5.69 Å². The zero-order chi connectivity index (χ0) is 28.4. The maximum atomic E-state index is 14.6. The Kier molecular flexibility index (Phi) is 5.27. The van der Waals surface area contributed by atoms with Gasteiger partial charge in [-0.15, -0.1) is 0 Å². The van der Waals surface area contributed by atoms with E-state index in [1.807, 2.05) is 36.8 Å². The van der Waals surface area contributed by atoms with Crippen LogP contribution in [0.15, 0.2) is 40.5 Å². The smallest absolute Gasteiger partial charge is 0.313 e. The molecular weight excluding hydrogens is 486 g/mol. The van der Waals surface area contributed by atoms with Crippen LogP contribution in [-0.4, -0.2) is 21.1 Å². The second kappa shape index (κ2) is 7.74. The van der Waals surface area contributed by atoms with Gasteiger partial charge in [0.1, 0.15) is 6.07 Å². The number of nitriles is 1. The fraction of sp³-hybridized carbons (Fsp3) is 0.697. The highest BCUT2D eigenvalue weighted by Crippen LogP contribution is 2.74. The van der Waals surface area contributed by atoms with E-state index in [0.717, 1.165) is 50.5 Å². The molecule has 1 heterocycles. The van der Waals surface area contributed by atoms with E-state index in [2.05, 4.69) is 45.7 Å². The summed E-state index contributed by atoms with van der Waals surface area (Å²) in [7, 11) is 0. The zero-order valence-corrected chi connectivity index (χ0v) is 24.6. The van der Waals surface area contributed by atoms with Crippen LogP contribution >= 0.6 is 0 Å². The van der Waals surface area contributed by atoms with E-state index < -0.39 is 10.8 Å². The van der Waals surface area contributed by atoms with Crippen molar-refractivity contribution in [2.45, 2.75) is 99.0 Å². The van der Waals surface area contributed by atoms with Crippen LogP contribution in [0.25, 0.3) is 0 Å². The first-order valence-corrected chi connectivity index (χ1v) is 14.8. The predicted octanol–water partition coefficient (Wildman–Crippen LogP) is 6.10. The lowest BCUT2D eigenvalue weighted by atomic mass is 9.35. The number of H-pyrrole nitrogens is 1. The van der Waals surface area contributed by atoms with Gasteiger partial charge in [-0.3, -0.25) is 14.2 Å². The highest BCUT2D eigenvalue weighted by Gasteiger charge is 2.70. The van der Waals surface area contributed by atoms with Crippen molar-refractivity contribution < 1.29 is 9.59 Å². The Labute approximate surface area is 231 Å². The highest BCUT2D eigenvalue weighted by molar-refractivity contribution is 6.04. The van der Waals surface area contributed by atoms with Crippen molar-refractivity contribution in [2.75, 3.05) is 0 Å². The Balaban J connectivity index is 1.55. The minimum Gasteiger partial charge on any atom is -0.313 e. The molecule has 2 unspecified atom stereocenters. The first kappa shape index (κ1) is 26.5. The number of hydrogen-bond acceptors (Lipinski definition) is 4. The van der Waals surface area contributed by atoms with Crippen LogP contribution in [0, 0.1) is 56.2 Å². The third-order valence-corrected chi connectivity index (χ3v) is 12.9. The number of carbonyl (C=O) groups is 2. The molecule has 0 radical (unpaired) electrons. The number of aromatic nitrogens is 2. The van der Waals surface area contributed by atoms with E-state index in [-0.39, 0.29) is 62.4 Å². The summed E-state index contributed by atoms with van der Waals surface area (Å²) >= 11 is 0. The van der Waals surface area contributed by atoms with Crippen LogP contribution in [-0.2, 0) is 15.1 Å². The molecule has 0 amide bonds. The molecular formula is C33H43N3O3. The third kappa shape index (κ3) is 3.11. The molecule has 0 bridgehead atoms. The molecule has 0 aromatic carbocycles. The quantitative estimate of drug-likeness (QED) is 0.475. The molecule has 208 valence electrons. The number of allylic oxidation sites excluding steroid dienone is 4. The largest absolute Gasteiger partial charge is 0.326 e. The molecule has 5 aliphatic carbocycles. The number of imidazole rings is 1. The van der Waals surface area contributed by atoms with Crippen molar-refractivity contribution in [3.63, 3.8) is 0 Å². The van der Waals surface area contributed by atoms with Crippen LogP contribution in [0.4, 0.5) is 0 Å². The summed E-state index contributed by atoms with van der Waals surface area (Å²) < 4.78 is 1.93. The van der Waals surface area contributed by atoms with E-state index in [9.17, 15) is 19.6 Å². The molecule has 6 nitrogen and oxygen atoms in total. The monoisotopic (exact) mass is 529 g/mol. The first-order chi connectivity index (χ1) is 18.1. The Morgan fingerprint density at radius 1 is 0.974 bits per heavy atom. The number of carbonyl (C=O) groups excluding carboxylic acids is 2. The summed E-state index contributed by atoms with van der Waals surface area (Å²) in [6.45, 7) is 15.4. The number of fused-ring (bicyclic) bond motifs is 7. The predicted molar refractivity (Wildman–Crippen MR) is 149 cm³/mol. The van der Waals surface area contributed by atoms with Gasteiger partial charge in [0, 0.05) is 29.1 Å². The lowest BCUT2D eigenvalue weighted by Crippen LogP contribution is -2.67. The van der Waals surface area contributed by atoms with Crippen LogP contribution in [0.1, 0.15) is 93.4 Å². The normalized spacial score (nSPS) is 44.1. The maximum absolute atomic E-state index is 14.6. The molecule has 0 spiro atoms. The molecule has 6 heteroatoms. The summed E-state index contributed by atoms with van der Waals surface area (Å²) in [5, 5.41) is 9.91. The average Bonchev–Trinajstić information content (AvgIpc) is 3.29. The molecule has 0 aliphatic heterocycles. The Bertz CT molecular complexity index is 1450. The topological polar surface area (TPSA) is 95.7 Å². The van der Waals surface area contributed by atoms with Gasteiger partial charge in [-0.1, -0.05) is 60.1 Å². The van der Waals surface area contributed by atoms with Crippen molar-refractivity contribution in [1.82, 2.24) is 9.55 Å². The van der Waals surface area contributed by atoms with Gasteiger partial charge in [-0.05, 0) is 79.1 Å². The van der Waals surface area contributed by atoms with Gasteiger partial charge in [-0.2, -0.15) is 5.26 Å². The Morgan fingerprint density at radius 3 is 2.31 bits per heavy atom. The van der Waals surface area contributed by atoms with Gasteiger partial charge in [0.05, 0.1) is 11.1 Å². The Hall–Kier alpha value is -2.68. The second-order valence-corrected chi connectivity index (χ2v) is 15.5. The first-order valence-electron chi connectivity index (χ1n) is 14.8.